The second-order valence-corrected chi connectivity index (χ2v) is 5.90. The molecule has 4 heteroatoms. The zero-order valence-electron chi connectivity index (χ0n) is 12.5. The molecule has 0 unspecified atom stereocenters. The molecule has 3 nitrogen and oxygen atoms in total. The van der Waals surface area contributed by atoms with Gasteiger partial charge < -0.3 is 10.1 Å². The van der Waals surface area contributed by atoms with Crippen LogP contribution in [0.1, 0.15) is 22.3 Å². The summed E-state index contributed by atoms with van der Waals surface area (Å²) in [5.41, 5.74) is 5.59. The van der Waals surface area contributed by atoms with Gasteiger partial charge in [0, 0.05) is 10.7 Å². The standard InChI is InChI=1S/C16H19BrN2O/c1-9-6-10(2)14(15(20-5)12(9)4)19-16-11(3)7-13(17)8-18-16/h6-8H,1-5H3,(H,18,19). The highest BCUT2D eigenvalue weighted by Gasteiger charge is 2.13. The molecule has 2 aromatic rings. The Morgan fingerprint density at radius 2 is 1.75 bits per heavy atom. The first-order valence-electron chi connectivity index (χ1n) is 6.48. The average molecular weight is 335 g/mol. The molecule has 2 rings (SSSR count). The van der Waals surface area contributed by atoms with Crippen molar-refractivity contribution in [3.05, 3.63) is 45.1 Å². The molecule has 0 saturated carbocycles. The number of nitrogens with zero attached hydrogens (tertiary/aromatic N) is 1. The van der Waals surface area contributed by atoms with Crippen molar-refractivity contribution in [3.63, 3.8) is 0 Å². The van der Waals surface area contributed by atoms with Gasteiger partial charge in [-0.3, -0.25) is 0 Å². The molecule has 0 bridgehead atoms. The fourth-order valence-electron chi connectivity index (χ4n) is 2.25. The summed E-state index contributed by atoms with van der Waals surface area (Å²) in [6.45, 7) is 8.27. The summed E-state index contributed by atoms with van der Waals surface area (Å²) in [6.07, 6.45) is 1.79. The topological polar surface area (TPSA) is 34.1 Å². The van der Waals surface area contributed by atoms with Crippen molar-refractivity contribution in [3.8, 4) is 5.75 Å². The highest BCUT2D eigenvalue weighted by atomic mass is 79.9. The smallest absolute Gasteiger partial charge is 0.145 e. The molecule has 0 atom stereocenters. The number of benzene rings is 1. The van der Waals surface area contributed by atoms with E-state index >= 15 is 0 Å². The molecule has 20 heavy (non-hydrogen) atoms. The minimum atomic E-state index is 0.845. The van der Waals surface area contributed by atoms with E-state index in [9.17, 15) is 0 Å². The molecule has 0 radical (unpaired) electrons. The van der Waals surface area contributed by atoms with E-state index in [1.807, 2.05) is 13.0 Å². The molecule has 106 valence electrons. The normalized spacial score (nSPS) is 10.5. The van der Waals surface area contributed by atoms with Crippen molar-refractivity contribution in [2.24, 2.45) is 0 Å². The maximum Gasteiger partial charge on any atom is 0.145 e. The lowest BCUT2D eigenvalue weighted by Gasteiger charge is -2.18. The third kappa shape index (κ3) is 2.80. The fraction of sp³-hybridized carbons (Fsp3) is 0.312. The van der Waals surface area contributed by atoms with Crippen LogP contribution in [-0.2, 0) is 0 Å². The Bertz CT molecular complexity index is 653. The van der Waals surface area contributed by atoms with E-state index < -0.39 is 0 Å². The van der Waals surface area contributed by atoms with Crippen LogP contribution < -0.4 is 10.1 Å². The second-order valence-electron chi connectivity index (χ2n) is 4.99. The molecule has 0 saturated heterocycles. The van der Waals surface area contributed by atoms with Gasteiger partial charge in [0.25, 0.3) is 0 Å². The first kappa shape index (κ1) is 14.9. The van der Waals surface area contributed by atoms with Crippen LogP contribution in [0.25, 0.3) is 0 Å². The Hall–Kier alpha value is -1.55. The van der Waals surface area contributed by atoms with Gasteiger partial charge in [-0.15, -0.1) is 0 Å². The lowest BCUT2D eigenvalue weighted by Crippen LogP contribution is -2.03. The second kappa shape index (κ2) is 5.83. The summed E-state index contributed by atoms with van der Waals surface area (Å²) in [4.78, 5) is 4.43. The molecule has 1 heterocycles. The van der Waals surface area contributed by atoms with E-state index in [2.05, 4.69) is 53.1 Å². The number of ether oxygens (including phenoxy) is 1. The molecule has 0 aliphatic carbocycles. The van der Waals surface area contributed by atoms with E-state index in [4.69, 9.17) is 4.74 Å². The summed E-state index contributed by atoms with van der Waals surface area (Å²) in [7, 11) is 1.70. The summed E-state index contributed by atoms with van der Waals surface area (Å²) >= 11 is 3.43. The number of hydrogen-bond donors (Lipinski definition) is 1. The number of hydrogen-bond acceptors (Lipinski definition) is 3. The molecule has 1 N–H and O–H groups in total. The number of aromatic nitrogens is 1. The monoisotopic (exact) mass is 334 g/mol. The largest absolute Gasteiger partial charge is 0.494 e. The number of pyridine rings is 1. The Labute approximate surface area is 128 Å². The van der Waals surface area contributed by atoms with Crippen molar-refractivity contribution < 1.29 is 4.74 Å². The molecule has 1 aromatic heterocycles. The quantitative estimate of drug-likeness (QED) is 0.872. The van der Waals surface area contributed by atoms with Gasteiger partial charge in [0.1, 0.15) is 11.6 Å². The Kier molecular flexibility index (Phi) is 4.33. The predicted molar refractivity (Wildman–Crippen MR) is 87.2 cm³/mol. The van der Waals surface area contributed by atoms with E-state index in [1.54, 1.807) is 13.3 Å². The lowest BCUT2D eigenvalue weighted by molar-refractivity contribution is 0.413. The molecule has 0 amide bonds. The van der Waals surface area contributed by atoms with Gasteiger partial charge in [0.05, 0.1) is 12.8 Å². The molecule has 0 aliphatic heterocycles. The average Bonchev–Trinajstić information content (AvgIpc) is 2.39. The number of methoxy groups -OCH3 is 1. The van der Waals surface area contributed by atoms with Gasteiger partial charge >= 0.3 is 0 Å². The number of aryl methyl sites for hydroxylation is 3. The zero-order chi connectivity index (χ0) is 14.9. The molecule has 1 aromatic carbocycles. The van der Waals surface area contributed by atoms with Gasteiger partial charge in [-0.25, -0.2) is 4.98 Å². The van der Waals surface area contributed by atoms with E-state index in [0.717, 1.165) is 38.4 Å². The highest BCUT2D eigenvalue weighted by Crippen LogP contribution is 2.36. The van der Waals surface area contributed by atoms with E-state index in [1.165, 1.54) is 5.56 Å². The van der Waals surface area contributed by atoms with Crippen molar-refractivity contribution >= 4 is 27.4 Å². The highest BCUT2D eigenvalue weighted by molar-refractivity contribution is 9.10. The molecule has 0 aliphatic rings. The third-order valence-corrected chi connectivity index (χ3v) is 3.91. The van der Waals surface area contributed by atoms with Crippen LogP contribution >= 0.6 is 15.9 Å². The van der Waals surface area contributed by atoms with Gasteiger partial charge in [-0.1, -0.05) is 6.07 Å². The molecule has 0 spiro atoms. The van der Waals surface area contributed by atoms with Crippen LogP contribution in [0.15, 0.2) is 22.8 Å². The van der Waals surface area contributed by atoms with Crippen molar-refractivity contribution in [1.82, 2.24) is 4.98 Å². The number of rotatable bonds is 3. The van der Waals surface area contributed by atoms with Crippen LogP contribution in [0, 0.1) is 27.7 Å². The van der Waals surface area contributed by atoms with Gasteiger partial charge in [-0.05, 0) is 71.9 Å². The summed E-state index contributed by atoms with van der Waals surface area (Å²) in [5.74, 6) is 1.73. The first-order valence-corrected chi connectivity index (χ1v) is 7.27. The Morgan fingerprint density at radius 1 is 1.05 bits per heavy atom. The molecular formula is C16H19BrN2O. The van der Waals surface area contributed by atoms with E-state index in [0.29, 0.717) is 0 Å². The van der Waals surface area contributed by atoms with Crippen molar-refractivity contribution in [2.75, 3.05) is 12.4 Å². The van der Waals surface area contributed by atoms with Crippen molar-refractivity contribution in [1.29, 1.82) is 0 Å². The van der Waals surface area contributed by atoms with Crippen LogP contribution in [0.4, 0.5) is 11.5 Å². The van der Waals surface area contributed by atoms with Crippen LogP contribution in [0.2, 0.25) is 0 Å². The van der Waals surface area contributed by atoms with Crippen LogP contribution in [0.3, 0.4) is 0 Å². The van der Waals surface area contributed by atoms with Crippen LogP contribution in [0.5, 0.6) is 5.75 Å². The van der Waals surface area contributed by atoms with E-state index in [-0.39, 0.29) is 0 Å². The van der Waals surface area contributed by atoms with Gasteiger partial charge in [-0.2, -0.15) is 0 Å². The first-order chi connectivity index (χ1) is 9.43. The minimum absolute atomic E-state index is 0.845. The summed E-state index contributed by atoms with van der Waals surface area (Å²) in [5, 5.41) is 3.40. The van der Waals surface area contributed by atoms with Gasteiger partial charge in [0.15, 0.2) is 0 Å². The Balaban J connectivity index is 2.50. The SMILES string of the molecule is COc1c(C)c(C)cc(C)c1Nc1ncc(Br)cc1C. The number of anilines is 2. The van der Waals surface area contributed by atoms with Crippen molar-refractivity contribution in [2.45, 2.75) is 27.7 Å². The minimum Gasteiger partial charge on any atom is -0.494 e. The third-order valence-electron chi connectivity index (χ3n) is 3.48. The summed E-state index contributed by atoms with van der Waals surface area (Å²) in [6, 6.07) is 4.20. The lowest BCUT2D eigenvalue weighted by atomic mass is 10.0. The fourth-order valence-corrected chi connectivity index (χ4v) is 2.70. The van der Waals surface area contributed by atoms with Gasteiger partial charge in [0.2, 0.25) is 0 Å². The summed E-state index contributed by atoms with van der Waals surface area (Å²) < 4.78 is 6.55. The number of nitrogens with one attached hydrogen (secondary N) is 1. The molecule has 0 fully saturated rings. The zero-order valence-corrected chi connectivity index (χ0v) is 14.1. The Morgan fingerprint density at radius 3 is 2.35 bits per heavy atom. The maximum atomic E-state index is 5.57. The predicted octanol–water partition coefficient (Wildman–Crippen LogP) is 4.83. The number of halogens is 1. The van der Waals surface area contributed by atoms with Crippen LogP contribution in [-0.4, -0.2) is 12.1 Å². The maximum absolute atomic E-state index is 5.57. The molecular weight excluding hydrogens is 316 g/mol.